The lowest BCUT2D eigenvalue weighted by Gasteiger charge is -2.36. The third kappa shape index (κ3) is 4.88. The average molecular weight is 436 g/mol. The number of carbonyl (C=O) groups is 1. The van der Waals surface area contributed by atoms with Gasteiger partial charge >= 0.3 is 6.18 Å². The van der Waals surface area contributed by atoms with E-state index >= 15 is 0 Å². The molecule has 2 aliphatic rings. The van der Waals surface area contributed by atoms with Crippen LogP contribution in [-0.2, 0) is 13.0 Å². The molecule has 3 N–H and O–H groups in total. The fourth-order valence-corrected chi connectivity index (χ4v) is 4.54. The van der Waals surface area contributed by atoms with Gasteiger partial charge in [0.15, 0.2) is 0 Å². The van der Waals surface area contributed by atoms with Crippen LogP contribution in [0.2, 0.25) is 0 Å². The highest BCUT2D eigenvalue weighted by Crippen LogP contribution is 2.33. The van der Waals surface area contributed by atoms with Gasteiger partial charge in [-0.15, -0.1) is 0 Å². The van der Waals surface area contributed by atoms with E-state index < -0.39 is 18.1 Å². The molecule has 0 spiro atoms. The number of amides is 1. The van der Waals surface area contributed by atoms with Gasteiger partial charge < -0.3 is 11.1 Å². The van der Waals surface area contributed by atoms with E-state index in [4.69, 9.17) is 5.73 Å². The van der Waals surface area contributed by atoms with Crippen molar-refractivity contribution in [2.75, 3.05) is 19.6 Å². The van der Waals surface area contributed by atoms with Gasteiger partial charge in [0.1, 0.15) is 17.6 Å². The lowest BCUT2D eigenvalue weighted by Crippen LogP contribution is -2.49. The number of nitrogens with one attached hydrogen (secondary N) is 1. The Balaban J connectivity index is 1.56. The van der Waals surface area contributed by atoms with Crippen LogP contribution in [0.4, 0.5) is 17.6 Å². The van der Waals surface area contributed by atoms with Gasteiger partial charge in [-0.3, -0.25) is 9.69 Å². The highest BCUT2D eigenvalue weighted by Gasteiger charge is 2.42. The van der Waals surface area contributed by atoms with E-state index in [9.17, 15) is 22.4 Å². The van der Waals surface area contributed by atoms with Crippen molar-refractivity contribution in [3.63, 3.8) is 0 Å². The molecule has 0 radical (unpaired) electrons. The standard InChI is InChI=1S/C22H24F4N4O/c23-15-3-1-14(2-4-15)17-10-18(21(27)31)29-19-12-30(8-6-16(17)19)11-13-5-7-28-20(9-13)22(24,25)26/h1-4,10,13,20,28H,5-9,11-12H2,(H2,27,31)/t13-,20+/m1/s1. The molecule has 1 fully saturated rings. The molecular weight excluding hydrogens is 412 g/mol. The molecule has 2 aromatic rings. The van der Waals surface area contributed by atoms with Crippen LogP contribution in [0.3, 0.4) is 0 Å². The molecule has 0 saturated carbocycles. The molecular formula is C22H24F4N4O. The molecule has 5 nitrogen and oxygen atoms in total. The Morgan fingerprint density at radius 3 is 2.68 bits per heavy atom. The van der Waals surface area contributed by atoms with Crippen molar-refractivity contribution < 1.29 is 22.4 Å². The van der Waals surface area contributed by atoms with Crippen molar-refractivity contribution in [1.82, 2.24) is 15.2 Å². The smallest absolute Gasteiger partial charge is 0.364 e. The van der Waals surface area contributed by atoms with Crippen LogP contribution in [0.5, 0.6) is 0 Å². The van der Waals surface area contributed by atoms with Crippen LogP contribution < -0.4 is 11.1 Å². The number of nitrogens with two attached hydrogens (primary N) is 1. The third-order valence-corrected chi connectivity index (χ3v) is 6.09. The zero-order valence-corrected chi connectivity index (χ0v) is 16.9. The van der Waals surface area contributed by atoms with Gasteiger partial charge in [0.25, 0.3) is 5.91 Å². The Kier molecular flexibility index (Phi) is 5.98. The first-order valence-electron chi connectivity index (χ1n) is 10.3. The molecule has 31 heavy (non-hydrogen) atoms. The van der Waals surface area contributed by atoms with Crippen LogP contribution in [0.1, 0.15) is 34.6 Å². The van der Waals surface area contributed by atoms with Gasteiger partial charge in [-0.2, -0.15) is 13.2 Å². The number of aromatic nitrogens is 1. The van der Waals surface area contributed by atoms with E-state index in [1.54, 1.807) is 18.2 Å². The number of carbonyl (C=O) groups excluding carboxylic acids is 1. The van der Waals surface area contributed by atoms with Crippen LogP contribution in [0, 0.1) is 11.7 Å². The largest absolute Gasteiger partial charge is 0.403 e. The van der Waals surface area contributed by atoms with E-state index in [1.807, 2.05) is 0 Å². The lowest BCUT2D eigenvalue weighted by molar-refractivity contribution is -0.164. The van der Waals surface area contributed by atoms with E-state index in [2.05, 4.69) is 15.2 Å². The predicted octanol–water partition coefficient (Wildman–Crippen LogP) is 3.28. The molecule has 1 aromatic carbocycles. The van der Waals surface area contributed by atoms with Crippen molar-refractivity contribution in [3.8, 4) is 11.1 Å². The van der Waals surface area contributed by atoms with Crippen molar-refractivity contribution in [1.29, 1.82) is 0 Å². The maximum atomic E-state index is 13.4. The Bertz CT molecular complexity index is 961. The second-order valence-corrected chi connectivity index (χ2v) is 8.28. The Morgan fingerprint density at radius 1 is 1.26 bits per heavy atom. The Labute approximate surface area is 177 Å². The number of hydrogen-bond acceptors (Lipinski definition) is 4. The first-order valence-corrected chi connectivity index (χ1v) is 10.3. The van der Waals surface area contributed by atoms with Crippen molar-refractivity contribution >= 4 is 5.91 Å². The summed E-state index contributed by atoms with van der Waals surface area (Å²) in [6.45, 7) is 2.00. The van der Waals surface area contributed by atoms with Crippen molar-refractivity contribution in [2.45, 2.75) is 38.0 Å². The number of piperidine rings is 1. The first-order chi connectivity index (χ1) is 14.7. The maximum absolute atomic E-state index is 13.4. The normalized spacial score (nSPS) is 22.2. The van der Waals surface area contributed by atoms with Crippen LogP contribution in [-0.4, -0.2) is 47.6 Å². The molecule has 3 heterocycles. The molecule has 2 aliphatic heterocycles. The van der Waals surface area contributed by atoms with Gasteiger partial charge in [0.2, 0.25) is 0 Å². The number of primary amides is 1. The number of pyridine rings is 1. The van der Waals surface area contributed by atoms with Crippen LogP contribution in [0.25, 0.3) is 11.1 Å². The number of halogens is 4. The molecule has 9 heteroatoms. The molecule has 1 saturated heterocycles. The summed E-state index contributed by atoms with van der Waals surface area (Å²) in [6.07, 6.45) is -2.86. The van der Waals surface area contributed by atoms with Crippen LogP contribution >= 0.6 is 0 Å². The molecule has 1 amide bonds. The maximum Gasteiger partial charge on any atom is 0.403 e. The summed E-state index contributed by atoms with van der Waals surface area (Å²) < 4.78 is 52.6. The number of rotatable bonds is 4. The van der Waals surface area contributed by atoms with Crippen molar-refractivity contribution in [3.05, 3.63) is 53.1 Å². The fourth-order valence-electron chi connectivity index (χ4n) is 4.54. The summed E-state index contributed by atoms with van der Waals surface area (Å²) in [5.41, 5.74) is 8.81. The SMILES string of the molecule is NC(=O)c1cc(-c2ccc(F)cc2)c2c(n1)CN(C[C@@H]1CCN[C@H](C(F)(F)F)C1)CC2. The highest BCUT2D eigenvalue weighted by atomic mass is 19.4. The minimum atomic E-state index is -4.24. The minimum absolute atomic E-state index is 0.0580. The van der Waals surface area contributed by atoms with Gasteiger partial charge in [-0.25, -0.2) is 9.37 Å². The number of alkyl halides is 3. The molecule has 0 aliphatic carbocycles. The van der Waals surface area contributed by atoms with E-state index in [-0.39, 0.29) is 23.8 Å². The first kappa shape index (κ1) is 21.7. The van der Waals surface area contributed by atoms with E-state index in [0.717, 1.165) is 16.7 Å². The monoisotopic (exact) mass is 436 g/mol. The quantitative estimate of drug-likeness (QED) is 0.722. The molecule has 0 bridgehead atoms. The van der Waals surface area contributed by atoms with Crippen molar-refractivity contribution in [2.24, 2.45) is 11.7 Å². The second kappa shape index (κ2) is 8.55. The molecule has 4 rings (SSSR count). The Morgan fingerprint density at radius 2 is 2.00 bits per heavy atom. The topological polar surface area (TPSA) is 71.2 Å². The summed E-state index contributed by atoms with van der Waals surface area (Å²) in [7, 11) is 0. The van der Waals surface area contributed by atoms with Gasteiger partial charge in [-0.1, -0.05) is 12.1 Å². The molecule has 2 atom stereocenters. The summed E-state index contributed by atoms with van der Waals surface area (Å²) >= 11 is 0. The number of benzene rings is 1. The number of fused-ring (bicyclic) bond motifs is 1. The third-order valence-electron chi connectivity index (χ3n) is 6.09. The number of nitrogens with zero attached hydrogens (tertiary/aromatic N) is 2. The highest BCUT2D eigenvalue weighted by molar-refractivity contribution is 5.92. The van der Waals surface area contributed by atoms with Crippen LogP contribution in [0.15, 0.2) is 30.3 Å². The number of hydrogen-bond donors (Lipinski definition) is 2. The van der Waals surface area contributed by atoms with Gasteiger partial charge in [0.05, 0.1) is 5.69 Å². The summed E-state index contributed by atoms with van der Waals surface area (Å²) in [5.74, 6) is -1.08. The summed E-state index contributed by atoms with van der Waals surface area (Å²) in [5, 5.41) is 2.56. The fraction of sp³-hybridized carbons (Fsp3) is 0.455. The molecule has 166 valence electrons. The zero-order chi connectivity index (χ0) is 22.2. The lowest BCUT2D eigenvalue weighted by atomic mass is 9.89. The van der Waals surface area contributed by atoms with Gasteiger partial charge in [0, 0.05) is 19.6 Å². The van der Waals surface area contributed by atoms with E-state index in [0.29, 0.717) is 44.7 Å². The van der Waals surface area contributed by atoms with Gasteiger partial charge in [-0.05, 0) is 66.6 Å². The minimum Gasteiger partial charge on any atom is -0.364 e. The zero-order valence-electron chi connectivity index (χ0n) is 16.9. The second-order valence-electron chi connectivity index (χ2n) is 8.28. The Hall–Kier alpha value is -2.52. The summed E-state index contributed by atoms with van der Waals surface area (Å²) in [4.78, 5) is 18.4. The van der Waals surface area contributed by atoms with E-state index in [1.165, 1.54) is 12.1 Å². The predicted molar refractivity (Wildman–Crippen MR) is 108 cm³/mol. The molecule has 0 unspecified atom stereocenters. The molecule has 1 aromatic heterocycles. The summed E-state index contributed by atoms with van der Waals surface area (Å²) in [6, 6.07) is 6.17. The average Bonchev–Trinajstić information content (AvgIpc) is 2.73.